The monoisotopic (exact) mass is 260 g/mol. The molecule has 6 heteroatoms. The van der Waals surface area contributed by atoms with Crippen molar-refractivity contribution in [2.45, 2.75) is 32.7 Å². The Bertz CT molecular complexity index is 265. The lowest BCUT2D eigenvalue weighted by Gasteiger charge is -2.24. The van der Waals surface area contributed by atoms with Crippen LogP contribution in [0.4, 0.5) is 4.79 Å². The van der Waals surface area contributed by atoms with Crippen molar-refractivity contribution < 1.29 is 19.4 Å². The van der Waals surface area contributed by atoms with Crippen LogP contribution in [-0.2, 0) is 9.53 Å². The number of carboxylic acid groups (broad SMARTS) is 1. The second-order valence-electron chi connectivity index (χ2n) is 4.51. The molecule has 2 amide bonds. The summed E-state index contributed by atoms with van der Waals surface area (Å²) in [6, 6.07) is -0.298. The van der Waals surface area contributed by atoms with E-state index in [1.807, 2.05) is 6.92 Å². The largest absolute Gasteiger partial charge is 0.481 e. The van der Waals surface area contributed by atoms with Crippen LogP contribution in [0.1, 0.15) is 26.7 Å². The minimum absolute atomic E-state index is 0.0323. The van der Waals surface area contributed by atoms with Gasteiger partial charge in [-0.1, -0.05) is 20.3 Å². The number of carbonyl (C=O) groups is 2. The molecule has 2 atom stereocenters. The molecule has 0 aromatic carbocycles. The van der Waals surface area contributed by atoms with Gasteiger partial charge >= 0.3 is 12.0 Å². The number of hydrogen-bond donors (Lipinski definition) is 2. The maximum Gasteiger partial charge on any atom is 0.317 e. The number of methoxy groups -OCH3 is 1. The fourth-order valence-electron chi connectivity index (χ4n) is 1.60. The van der Waals surface area contributed by atoms with Crippen LogP contribution in [0.3, 0.4) is 0 Å². The highest BCUT2D eigenvalue weighted by atomic mass is 16.5. The van der Waals surface area contributed by atoms with E-state index >= 15 is 0 Å². The first-order valence-electron chi connectivity index (χ1n) is 6.15. The van der Waals surface area contributed by atoms with E-state index in [1.54, 1.807) is 21.1 Å². The Morgan fingerprint density at radius 1 is 1.44 bits per heavy atom. The first-order chi connectivity index (χ1) is 8.42. The van der Waals surface area contributed by atoms with Crippen LogP contribution in [0.15, 0.2) is 0 Å². The van der Waals surface area contributed by atoms with Crippen LogP contribution in [-0.4, -0.2) is 55.4 Å². The van der Waals surface area contributed by atoms with Gasteiger partial charge in [-0.2, -0.15) is 0 Å². The molecule has 18 heavy (non-hydrogen) atoms. The molecule has 0 saturated heterocycles. The molecule has 0 fully saturated rings. The third-order valence-electron chi connectivity index (χ3n) is 2.65. The van der Waals surface area contributed by atoms with Crippen LogP contribution >= 0.6 is 0 Å². The number of hydrogen-bond acceptors (Lipinski definition) is 3. The molecule has 0 aliphatic carbocycles. The summed E-state index contributed by atoms with van der Waals surface area (Å²) in [7, 11) is 3.18. The third-order valence-corrected chi connectivity index (χ3v) is 2.65. The van der Waals surface area contributed by atoms with Crippen molar-refractivity contribution in [2.75, 3.05) is 27.3 Å². The Morgan fingerprint density at radius 3 is 2.50 bits per heavy atom. The fourth-order valence-corrected chi connectivity index (χ4v) is 1.60. The molecular formula is C12H24N2O4. The maximum atomic E-state index is 11.8. The number of aliphatic carboxylic acids is 1. The van der Waals surface area contributed by atoms with Gasteiger partial charge in [-0.05, 0) is 6.42 Å². The molecule has 6 nitrogen and oxygen atoms in total. The van der Waals surface area contributed by atoms with Crippen molar-refractivity contribution in [3.8, 4) is 0 Å². The fraction of sp³-hybridized carbons (Fsp3) is 0.833. The van der Waals surface area contributed by atoms with Crippen molar-refractivity contribution in [1.82, 2.24) is 10.2 Å². The van der Waals surface area contributed by atoms with Gasteiger partial charge in [0.15, 0.2) is 0 Å². The molecule has 0 heterocycles. The predicted molar refractivity (Wildman–Crippen MR) is 68.5 cm³/mol. The second kappa shape index (κ2) is 8.74. The molecule has 2 unspecified atom stereocenters. The van der Waals surface area contributed by atoms with E-state index in [0.717, 1.165) is 12.8 Å². The molecule has 0 saturated carbocycles. The number of rotatable bonds is 8. The van der Waals surface area contributed by atoms with E-state index in [9.17, 15) is 9.59 Å². The zero-order valence-corrected chi connectivity index (χ0v) is 11.6. The number of carbonyl (C=O) groups excluding carboxylic acids is 1. The summed E-state index contributed by atoms with van der Waals surface area (Å²) in [6.45, 7) is 4.25. The number of nitrogens with one attached hydrogen (secondary N) is 1. The summed E-state index contributed by atoms with van der Waals surface area (Å²) in [5.74, 6) is -1.48. The van der Waals surface area contributed by atoms with Crippen molar-refractivity contribution in [2.24, 2.45) is 5.92 Å². The Morgan fingerprint density at radius 2 is 2.06 bits per heavy atom. The SMILES string of the molecule is CCCC(COC)NC(=O)N(C)CC(C)C(=O)O. The summed E-state index contributed by atoms with van der Waals surface area (Å²) in [6.07, 6.45) is 1.78. The molecule has 0 spiro atoms. The van der Waals surface area contributed by atoms with Crippen molar-refractivity contribution in [3.05, 3.63) is 0 Å². The maximum absolute atomic E-state index is 11.8. The van der Waals surface area contributed by atoms with Gasteiger partial charge in [0.05, 0.1) is 18.6 Å². The highest BCUT2D eigenvalue weighted by molar-refractivity contribution is 5.75. The van der Waals surface area contributed by atoms with Gasteiger partial charge in [0.2, 0.25) is 0 Å². The highest BCUT2D eigenvalue weighted by Gasteiger charge is 2.19. The van der Waals surface area contributed by atoms with E-state index in [1.165, 1.54) is 4.90 Å². The Balaban J connectivity index is 4.23. The van der Waals surface area contributed by atoms with Crippen molar-refractivity contribution in [3.63, 3.8) is 0 Å². The van der Waals surface area contributed by atoms with Crippen LogP contribution in [0.25, 0.3) is 0 Å². The second-order valence-corrected chi connectivity index (χ2v) is 4.51. The molecule has 0 aromatic rings. The van der Waals surface area contributed by atoms with E-state index < -0.39 is 11.9 Å². The van der Waals surface area contributed by atoms with Gasteiger partial charge < -0.3 is 20.1 Å². The van der Waals surface area contributed by atoms with E-state index in [4.69, 9.17) is 9.84 Å². The van der Waals surface area contributed by atoms with Crippen LogP contribution in [0.5, 0.6) is 0 Å². The summed E-state index contributed by atoms with van der Waals surface area (Å²) < 4.78 is 5.03. The average Bonchev–Trinajstić information content (AvgIpc) is 2.29. The number of amides is 2. The van der Waals surface area contributed by atoms with Gasteiger partial charge in [-0.15, -0.1) is 0 Å². The lowest BCUT2D eigenvalue weighted by Crippen LogP contribution is -2.46. The molecule has 0 aliphatic rings. The summed E-state index contributed by atoms with van der Waals surface area (Å²) in [4.78, 5) is 23.9. The molecule has 0 radical (unpaired) electrons. The highest BCUT2D eigenvalue weighted by Crippen LogP contribution is 2.01. The average molecular weight is 260 g/mol. The predicted octanol–water partition coefficient (Wildman–Crippen LogP) is 1.16. The van der Waals surface area contributed by atoms with E-state index in [0.29, 0.717) is 6.61 Å². The topological polar surface area (TPSA) is 78.9 Å². The van der Waals surface area contributed by atoms with E-state index in [-0.39, 0.29) is 18.6 Å². The van der Waals surface area contributed by atoms with Gasteiger partial charge in [0.1, 0.15) is 0 Å². The molecule has 2 N–H and O–H groups in total. The minimum atomic E-state index is -0.906. The van der Waals surface area contributed by atoms with Crippen LogP contribution < -0.4 is 5.32 Å². The van der Waals surface area contributed by atoms with E-state index in [2.05, 4.69) is 5.32 Å². The molecule has 0 aromatic heterocycles. The lowest BCUT2D eigenvalue weighted by molar-refractivity contribution is -0.141. The first-order valence-corrected chi connectivity index (χ1v) is 6.15. The summed E-state index contributed by atoms with van der Waals surface area (Å²) >= 11 is 0. The molecular weight excluding hydrogens is 236 g/mol. The van der Waals surface area contributed by atoms with Crippen LogP contribution in [0, 0.1) is 5.92 Å². The normalized spacial score (nSPS) is 13.8. The van der Waals surface area contributed by atoms with Crippen molar-refractivity contribution >= 4 is 12.0 Å². The van der Waals surface area contributed by atoms with Gasteiger partial charge in [-0.3, -0.25) is 4.79 Å². The minimum Gasteiger partial charge on any atom is -0.481 e. The number of nitrogens with zero attached hydrogens (tertiary/aromatic N) is 1. The molecule has 106 valence electrons. The summed E-state index contributed by atoms with van der Waals surface area (Å²) in [5, 5.41) is 11.6. The van der Waals surface area contributed by atoms with Gasteiger partial charge in [-0.25, -0.2) is 4.79 Å². The first kappa shape index (κ1) is 16.7. The van der Waals surface area contributed by atoms with Gasteiger partial charge in [0, 0.05) is 20.7 Å². The standard InChI is InChI=1S/C12H24N2O4/c1-5-6-10(8-18-4)13-12(17)14(3)7-9(2)11(15)16/h9-10H,5-8H2,1-4H3,(H,13,17)(H,15,16). The molecule has 0 bridgehead atoms. The Hall–Kier alpha value is -1.30. The smallest absolute Gasteiger partial charge is 0.317 e. The number of carboxylic acids is 1. The Labute approximate surface area is 108 Å². The zero-order valence-electron chi connectivity index (χ0n) is 11.6. The number of urea groups is 1. The zero-order chi connectivity index (χ0) is 14.1. The molecule has 0 rings (SSSR count). The lowest BCUT2D eigenvalue weighted by atomic mass is 10.1. The molecule has 0 aliphatic heterocycles. The quantitative estimate of drug-likeness (QED) is 0.686. The third kappa shape index (κ3) is 6.44. The summed E-state index contributed by atoms with van der Waals surface area (Å²) in [5.41, 5.74) is 0. The van der Waals surface area contributed by atoms with Gasteiger partial charge in [0.25, 0.3) is 0 Å². The Kier molecular flexibility index (Phi) is 8.11. The van der Waals surface area contributed by atoms with Crippen molar-refractivity contribution in [1.29, 1.82) is 0 Å². The number of ether oxygens (including phenoxy) is 1. The van der Waals surface area contributed by atoms with Crippen LogP contribution in [0.2, 0.25) is 0 Å².